The van der Waals surface area contributed by atoms with Crippen LogP contribution in [0.15, 0.2) is 59.2 Å². The van der Waals surface area contributed by atoms with E-state index < -0.39 is 0 Å². The summed E-state index contributed by atoms with van der Waals surface area (Å²) in [7, 11) is 0. The van der Waals surface area contributed by atoms with Crippen LogP contribution in [-0.4, -0.2) is 24.7 Å². The molecule has 0 aliphatic rings. The molecule has 0 bridgehead atoms. The second-order valence-electron chi connectivity index (χ2n) is 6.92. The summed E-state index contributed by atoms with van der Waals surface area (Å²) in [4.78, 5) is 4.15. The molecular weight excluding hydrogens is 515 g/mol. The minimum Gasteiger partial charge on any atom is -0.490 e. The minimum absolute atomic E-state index is 0.351. The van der Waals surface area contributed by atoms with Crippen LogP contribution in [0, 0.1) is 0 Å². The largest absolute Gasteiger partial charge is 0.490 e. The predicted octanol–water partition coefficient (Wildman–Crippen LogP) is 6.69. The molecule has 0 unspecified atom stereocenters. The van der Waals surface area contributed by atoms with E-state index in [1.165, 1.54) is 0 Å². The highest BCUT2D eigenvalue weighted by atomic mass is 79.9. The van der Waals surface area contributed by atoms with Crippen molar-refractivity contribution in [2.24, 2.45) is 0 Å². The van der Waals surface area contributed by atoms with Crippen LogP contribution in [0.2, 0.25) is 10.0 Å². The van der Waals surface area contributed by atoms with E-state index in [1.807, 2.05) is 43.3 Å². The van der Waals surface area contributed by atoms with Crippen molar-refractivity contribution in [3.8, 4) is 17.4 Å². The van der Waals surface area contributed by atoms with E-state index in [2.05, 4.69) is 26.2 Å². The van der Waals surface area contributed by atoms with Crippen LogP contribution >= 0.6 is 39.1 Å². The Labute approximate surface area is 207 Å². The summed E-state index contributed by atoms with van der Waals surface area (Å²) in [6, 6.07) is 15.1. The molecule has 0 amide bonds. The summed E-state index contributed by atoms with van der Waals surface area (Å²) in [5.41, 5.74) is 2.01. The van der Waals surface area contributed by atoms with Crippen molar-refractivity contribution in [2.75, 3.05) is 19.8 Å². The summed E-state index contributed by atoms with van der Waals surface area (Å²) < 4.78 is 18.3. The lowest BCUT2D eigenvalue weighted by Crippen LogP contribution is -2.17. The van der Waals surface area contributed by atoms with Crippen LogP contribution in [-0.2, 0) is 13.2 Å². The molecule has 0 saturated carbocycles. The van der Waals surface area contributed by atoms with E-state index in [9.17, 15) is 0 Å². The predicted molar refractivity (Wildman–Crippen MR) is 132 cm³/mol. The lowest BCUT2D eigenvalue weighted by Gasteiger charge is -2.16. The maximum Gasteiger partial charge on any atom is 0.213 e. The summed E-state index contributed by atoms with van der Waals surface area (Å²) in [6.07, 6.45) is 2.60. The van der Waals surface area contributed by atoms with Crippen molar-refractivity contribution in [1.82, 2.24) is 10.3 Å². The Bertz CT molecular complexity index is 1010. The van der Waals surface area contributed by atoms with Gasteiger partial charge in [-0.15, -0.1) is 0 Å². The molecule has 1 heterocycles. The van der Waals surface area contributed by atoms with Crippen LogP contribution < -0.4 is 19.5 Å². The van der Waals surface area contributed by atoms with Crippen LogP contribution in [0.3, 0.4) is 0 Å². The van der Waals surface area contributed by atoms with E-state index >= 15 is 0 Å². The first-order valence-electron chi connectivity index (χ1n) is 10.3. The first kappa shape index (κ1) is 24.6. The Kier molecular flexibility index (Phi) is 9.93. The number of hydrogen-bond donors (Lipinski definition) is 1. The second kappa shape index (κ2) is 12.9. The molecule has 5 nitrogen and oxygen atoms in total. The molecular formula is C24H25BrCl2N2O3. The number of nitrogens with zero attached hydrogens (tertiary/aromatic N) is 1. The molecule has 2 aromatic carbocycles. The van der Waals surface area contributed by atoms with Gasteiger partial charge in [0, 0.05) is 18.8 Å². The smallest absolute Gasteiger partial charge is 0.213 e. The van der Waals surface area contributed by atoms with Crippen molar-refractivity contribution in [2.45, 2.75) is 26.5 Å². The molecule has 3 rings (SSSR count). The van der Waals surface area contributed by atoms with Crippen molar-refractivity contribution in [1.29, 1.82) is 0 Å². The molecule has 0 saturated heterocycles. The Morgan fingerprint density at radius 1 is 0.969 bits per heavy atom. The number of hydrogen-bond acceptors (Lipinski definition) is 5. The van der Waals surface area contributed by atoms with Crippen molar-refractivity contribution < 1.29 is 14.2 Å². The van der Waals surface area contributed by atoms with Gasteiger partial charge in [-0.1, -0.05) is 35.3 Å². The highest BCUT2D eigenvalue weighted by Gasteiger charge is 2.13. The molecule has 0 fully saturated rings. The fourth-order valence-electron chi connectivity index (χ4n) is 2.95. The van der Waals surface area contributed by atoms with Crippen molar-refractivity contribution >= 4 is 39.1 Å². The van der Waals surface area contributed by atoms with Crippen molar-refractivity contribution in [3.05, 3.63) is 80.4 Å². The fraction of sp³-hybridized carbons (Fsp3) is 0.292. The zero-order valence-electron chi connectivity index (χ0n) is 17.7. The zero-order chi connectivity index (χ0) is 22.8. The minimum atomic E-state index is 0.351. The molecule has 170 valence electrons. The van der Waals surface area contributed by atoms with Crippen LogP contribution in [0.5, 0.6) is 17.4 Å². The molecule has 0 aliphatic carbocycles. The second-order valence-corrected chi connectivity index (χ2v) is 8.59. The van der Waals surface area contributed by atoms with E-state index in [0.29, 0.717) is 53.8 Å². The summed E-state index contributed by atoms with van der Waals surface area (Å²) in [5, 5.41) is 4.45. The molecule has 0 aliphatic heterocycles. The van der Waals surface area contributed by atoms with Gasteiger partial charge in [0.15, 0.2) is 11.5 Å². The fourth-order valence-corrected chi connectivity index (χ4v) is 3.88. The van der Waals surface area contributed by atoms with Gasteiger partial charge in [0.1, 0.15) is 6.61 Å². The van der Waals surface area contributed by atoms with Crippen LogP contribution in [0.4, 0.5) is 0 Å². The molecule has 8 heteroatoms. The Morgan fingerprint density at radius 2 is 1.84 bits per heavy atom. The molecule has 3 aromatic rings. The van der Waals surface area contributed by atoms with Gasteiger partial charge in [-0.2, -0.15) is 0 Å². The number of aromatic nitrogens is 1. The zero-order valence-corrected chi connectivity index (χ0v) is 20.8. The number of ether oxygens (including phenoxy) is 3. The lowest BCUT2D eigenvalue weighted by atomic mass is 10.2. The topological polar surface area (TPSA) is 52.6 Å². The summed E-state index contributed by atoms with van der Waals surface area (Å²) in [6.45, 7) is 4.97. The van der Waals surface area contributed by atoms with Gasteiger partial charge in [-0.05, 0) is 77.3 Å². The van der Waals surface area contributed by atoms with Gasteiger partial charge in [0.2, 0.25) is 5.88 Å². The number of nitrogens with one attached hydrogen (secondary N) is 1. The van der Waals surface area contributed by atoms with Crippen LogP contribution in [0.1, 0.15) is 24.5 Å². The third-order valence-electron chi connectivity index (χ3n) is 4.45. The van der Waals surface area contributed by atoms with Crippen LogP contribution in [0.25, 0.3) is 0 Å². The molecule has 32 heavy (non-hydrogen) atoms. The highest BCUT2D eigenvalue weighted by Crippen LogP contribution is 2.37. The number of halogens is 3. The van der Waals surface area contributed by atoms with Gasteiger partial charge in [0.05, 0.1) is 27.7 Å². The Morgan fingerprint density at radius 3 is 2.59 bits per heavy atom. The molecule has 1 N–H and O–H groups in total. The molecule has 0 atom stereocenters. The first-order chi connectivity index (χ1) is 15.6. The first-order valence-corrected chi connectivity index (χ1v) is 11.9. The summed E-state index contributed by atoms with van der Waals surface area (Å²) in [5.74, 6) is 2.00. The number of rotatable bonds is 12. The van der Waals surface area contributed by atoms with E-state index in [4.69, 9.17) is 37.4 Å². The van der Waals surface area contributed by atoms with Gasteiger partial charge in [-0.25, -0.2) is 4.98 Å². The molecule has 1 aromatic heterocycles. The maximum absolute atomic E-state index is 6.10. The molecule has 0 radical (unpaired) electrons. The number of pyridine rings is 1. The van der Waals surface area contributed by atoms with E-state index in [-0.39, 0.29) is 0 Å². The highest BCUT2D eigenvalue weighted by molar-refractivity contribution is 9.10. The average Bonchev–Trinajstić information content (AvgIpc) is 2.79. The third-order valence-corrected chi connectivity index (χ3v) is 5.78. The van der Waals surface area contributed by atoms with Gasteiger partial charge in [0.25, 0.3) is 0 Å². The number of benzene rings is 2. The van der Waals surface area contributed by atoms with E-state index in [0.717, 1.165) is 28.6 Å². The Hall–Kier alpha value is -1.99. The lowest BCUT2D eigenvalue weighted by molar-refractivity contribution is 0.267. The van der Waals surface area contributed by atoms with Gasteiger partial charge >= 0.3 is 0 Å². The van der Waals surface area contributed by atoms with E-state index in [1.54, 1.807) is 18.3 Å². The monoisotopic (exact) mass is 538 g/mol. The SMILES string of the molecule is CCOc1cc(CNCCCOc2ccccn2)cc(Br)c1OCc1ccc(Cl)c(Cl)c1. The third kappa shape index (κ3) is 7.55. The Balaban J connectivity index is 1.52. The summed E-state index contributed by atoms with van der Waals surface area (Å²) >= 11 is 15.7. The van der Waals surface area contributed by atoms with Gasteiger partial charge in [-0.3, -0.25) is 0 Å². The standard InChI is InChI=1S/C24H25BrCl2N2O3/c1-2-30-22-14-18(15-28-9-5-11-31-23-6-3-4-10-29-23)12-19(25)24(22)32-16-17-7-8-20(26)21(27)13-17/h3-4,6-8,10,12-14,28H,2,5,9,11,15-16H2,1H3. The van der Waals surface area contributed by atoms with Crippen molar-refractivity contribution in [3.63, 3.8) is 0 Å². The average molecular weight is 540 g/mol. The quantitative estimate of drug-likeness (QED) is 0.260. The molecule has 0 spiro atoms. The normalized spacial score (nSPS) is 10.8. The van der Waals surface area contributed by atoms with Gasteiger partial charge < -0.3 is 19.5 Å². The maximum atomic E-state index is 6.10.